The average Bonchev–Trinajstić information content (AvgIpc) is 2.36. The van der Waals surface area contributed by atoms with Crippen LogP contribution in [0.2, 0.25) is 0 Å². The van der Waals surface area contributed by atoms with E-state index in [1.165, 1.54) is 7.05 Å². The number of hydrogen-bond donors (Lipinski definition) is 3. The molecule has 20 heavy (non-hydrogen) atoms. The Kier molecular flexibility index (Phi) is 4.95. The quantitative estimate of drug-likeness (QED) is 0.597. The number of nitrogens with zero attached hydrogens (tertiary/aromatic N) is 2. The lowest BCUT2D eigenvalue weighted by molar-refractivity contribution is -0.140. The van der Waals surface area contributed by atoms with Gasteiger partial charge in [-0.2, -0.15) is 5.10 Å². The molecule has 108 valence electrons. The highest BCUT2D eigenvalue weighted by Crippen LogP contribution is 2.00. The average molecular weight is 283 g/mol. The third-order valence-electron chi connectivity index (χ3n) is 2.44. The van der Waals surface area contributed by atoms with Gasteiger partial charge in [-0.25, -0.2) is 9.48 Å². The Morgan fingerprint density at radius 3 is 2.50 bits per heavy atom. The fourth-order valence-corrected chi connectivity index (χ4v) is 1.38. The van der Waals surface area contributed by atoms with Crippen LogP contribution in [0.15, 0.2) is 16.9 Å². The molecule has 1 atom stereocenters. The summed E-state index contributed by atoms with van der Waals surface area (Å²) in [6.07, 6.45) is -0.639. The van der Waals surface area contributed by atoms with Gasteiger partial charge in [-0.1, -0.05) is 0 Å². The highest BCUT2D eigenvalue weighted by atomic mass is 16.4. The van der Waals surface area contributed by atoms with Crippen molar-refractivity contribution in [2.75, 3.05) is 0 Å². The van der Waals surface area contributed by atoms with Gasteiger partial charge in [0.25, 0.3) is 11.5 Å². The second-order valence-corrected chi connectivity index (χ2v) is 3.98. The summed E-state index contributed by atoms with van der Waals surface area (Å²) in [4.78, 5) is 44.2. The maximum Gasteiger partial charge on any atom is 0.326 e. The second-order valence-electron chi connectivity index (χ2n) is 3.98. The van der Waals surface area contributed by atoms with Gasteiger partial charge in [-0.05, 0) is 12.5 Å². The largest absolute Gasteiger partial charge is 0.481 e. The van der Waals surface area contributed by atoms with Crippen molar-refractivity contribution in [3.63, 3.8) is 0 Å². The predicted octanol–water partition coefficient (Wildman–Crippen LogP) is -1.17. The molecular weight excluding hydrogens is 270 g/mol. The van der Waals surface area contributed by atoms with Gasteiger partial charge >= 0.3 is 11.9 Å². The molecule has 1 heterocycles. The number of aliphatic carboxylic acids is 2. The van der Waals surface area contributed by atoms with E-state index in [1.54, 1.807) is 0 Å². The van der Waals surface area contributed by atoms with E-state index in [0.717, 1.165) is 16.8 Å². The van der Waals surface area contributed by atoms with Crippen LogP contribution < -0.4 is 10.9 Å². The lowest BCUT2D eigenvalue weighted by Gasteiger charge is -2.13. The summed E-state index contributed by atoms with van der Waals surface area (Å²) in [7, 11) is 1.35. The van der Waals surface area contributed by atoms with Crippen molar-refractivity contribution in [3.05, 3.63) is 28.2 Å². The molecule has 9 heteroatoms. The number of carbonyl (C=O) groups excluding carboxylic acids is 1. The molecule has 1 aromatic rings. The van der Waals surface area contributed by atoms with Crippen molar-refractivity contribution in [1.29, 1.82) is 0 Å². The number of carbonyl (C=O) groups is 3. The van der Waals surface area contributed by atoms with E-state index in [1.807, 2.05) is 0 Å². The molecule has 0 aromatic carbocycles. The minimum Gasteiger partial charge on any atom is -0.481 e. The van der Waals surface area contributed by atoms with Gasteiger partial charge in [-0.15, -0.1) is 0 Å². The van der Waals surface area contributed by atoms with Crippen LogP contribution >= 0.6 is 0 Å². The lowest BCUT2D eigenvalue weighted by atomic mass is 10.1. The summed E-state index contributed by atoms with van der Waals surface area (Å²) in [5, 5.41) is 23.2. The number of carboxylic acids is 2. The molecule has 0 bridgehead atoms. The fraction of sp³-hybridized carbons (Fsp3) is 0.364. The Balaban J connectivity index is 2.79. The van der Waals surface area contributed by atoms with Gasteiger partial charge in [0.15, 0.2) is 0 Å². The van der Waals surface area contributed by atoms with Crippen LogP contribution in [-0.2, 0) is 16.6 Å². The first-order chi connectivity index (χ1) is 9.31. The first-order valence-corrected chi connectivity index (χ1v) is 5.61. The van der Waals surface area contributed by atoms with Crippen LogP contribution in [0, 0.1) is 0 Å². The number of aryl methyl sites for hydroxylation is 1. The Hall–Kier alpha value is -2.71. The zero-order chi connectivity index (χ0) is 15.3. The zero-order valence-corrected chi connectivity index (χ0v) is 10.6. The molecule has 1 amide bonds. The molecule has 0 aliphatic carbocycles. The van der Waals surface area contributed by atoms with Crippen molar-refractivity contribution < 1.29 is 24.6 Å². The summed E-state index contributed by atoms with van der Waals surface area (Å²) in [6, 6.07) is 0.945. The molecule has 0 saturated carbocycles. The molecule has 3 N–H and O–H groups in total. The highest BCUT2D eigenvalue weighted by molar-refractivity contribution is 5.94. The number of rotatable bonds is 6. The van der Waals surface area contributed by atoms with E-state index in [2.05, 4.69) is 10.4 Å². The third-order valence-corrected chi connectivity index (χ3v) is 2.44. The topological polar surface area (TPSA) is 139 Å². The smallest absolute Gasteiger partial charge is 0.326 e. The van der Waals surface area contributed by atoms with Crippen LogP contribution in [0.5, 0.6) is 0 Å². The van der Waals surface area contributed by atoms with E-state index in [9.17, 15) is 19.2 Å². The van der Waals surface area contributed by atoms with Crippen LogP contribution in [0.25, 0.3) is 0 Å². The summed E-state index contributed by atoms with van der Waals surface area (Å²) >= 11 is 0. The number of nitrogens with one attached hydrogen (secondary N) is 1. The van der Waals surface area contributed by atoms with Crippen molar-refractivity contribution in [1.82, 2.24) is 15.1 Å². The summed E-state index contributed by atoms with van der Waals surface area (Å²) in [5.74, 6) is -3.30. The molecule has 1 rings (SSSR count). The highest BCUT2D eigenvalue weighted by Gasteiger charge is 2.22. The van der Waals surface area contributed by atoms with Crippen LogP contribution in [-0.4, -0.2) is 43.9 Å². The molecule has 1 aromatic heterocycles. The first kappa shape index (κ1) is 15.3. The monoisotopic (exact) mass is 283 g/mol. The molecular formula is C11H13N3O6. The molecule has 9 nitrogen and oxygen atoms in total. The lowest BCUT2D eigenvalue weighted by Crippen LogP contribution is -2.42. The van der Waals surface area contributed by atoms with Crippen LogP contribution in [0.4, 0.5) is 0 Å². The Morgan fingerprint density at radius 2 is 2.00 bits per heavy atom. The van der Waals surface area contributed by atoms with E-state index in [-0.39, 0.29) is 12.1 Å². The second kappa shape index (κ2) is 6.45. The predicted molar refractivity (Wildman–Crippen MR) is 65.2 cm³/mol. The molecule has 0 spiro atoms. The summed E-state index contributed by atoms with van der Waals surface area (Å²) in [5.41, 5.74) is -0.545. The minimum absolute atomic E-state index is 0.131. The van der Waals surface area contributed by atoms with Crippen LogP contribution in [0.1, 0.15) is 23.3 Å². The van der Waals surface area contributed by atoms with Gasteiger partial charge < -0.3 is 15.5 Å². The molecule has 0 aliphatic heterocycles. The molecule has 0 saturated heterocycles. The fourth-order valence-electron chi connectivity index (χ4n) is 1.38. The number of carboxylic acid groups (broad SMARTS) is 2. The molecule has 0 radical (unpaired) electrons. The van der Waals surface area contributed by atoms with E-state index in [0.29, 0.717) is 0 Å². The zero-order valence-electron chi connectivity index (χ0n) is 10.6. The molecule has 0 aliphatic rings. The van der Waals surface area contributed by atoms with Crippen molar-refractivity contribution in [3.8, 4) is 0 Å². The van der Waals surface area contributed by atoms with Crippen molar-refractivity contribution >= 4 is 17.8 Å². The Bertz CT molecular complexity index is 594. The SMILES string of the molecule is Cn1nc(C(=O)N[C@@H](CCC(=O)O)C(=O)O)ccc1=O. The van der Waals surface area contributed by atoms with Gasteiger partial charge in [0, 0.05) is 19.5 Å². The maximum absolute atomic E-state index is 11.8. The number of amides is 1. The molecule has 0 fully saturated rings. The number of hydrogen-bond acceptors (Lipinski definition) is 5. The van der Waals surface area contributed by atoms with Gasteiger partial charge in [0.2, 0.25) is 0 Å². The Morgan fingerprint density at radius 1 is 1.35 bits per heavy atom. The summed E-state index contributed by atoms with van der Waals surface area (Å²) in [6.45, 7) is 0. The van der Waals surface area contributed by atoms with Crippen LogP contribution in [0.3, 0.4) is 0 Å². The van der Waals surface area contributed by atoms with E-state index in [4.69, 9.17) is 10.2 Å². The third kappa shape index (κ3) is 4.19. The normalized spacial score (nSPS) is 11.7. The Labute approximate surface area is 112 Å². The standard InChI is InChI=1S/C11H13N3O6/c1-14-8(15)4-2-6(13-14)10(18)12-7(11(19)20)3-5-9(16)17/h2,4,7H,3,5H2,1H3,(H,12,18)(H,16,17)(H,19,20)/t7-/m0/s1. The van der Waals surface area contributed by atoms with E-state index < -0.39 is 35.9 Å². The van der Waals surface area contributed by atoms with Crippen molar-refractivity contribution in [2.45, 2.75) is 18.9 Å². The maximum atomic E-state index is 11.8. The van der Waals surface area contributed by atoms with Gasteiger partial charge in [0.1, 0.15) is 11.7 Å². The van der Waals surface area contributed by atoms with Gasteiger partial charge in [-0.3, -0.25) is 14.4 Å². The minimum atomic E-state index is -1.34. The summed E-state index contributed by atoms with van der Waals surface area (Å²) < 4.78 is 0.932. The van der Waals surface area contributed by atoms with Crippen molar-refractivity contribution in [2.24, 2.45) is 7.05 Å². The van der Waals surface area contributed by atoms with Gasteiger partial charge in [0.05, 0.1) is 0 Å². The first-order valence-electron chi connectivity index (χ1n) is 5.61. The molecule has 0 unspecified atom stereocenters. The number of aromatic nitrogens is 2. The van der Waals surface area contributed by atoms with E-state index >= 15 is 0 Å².